The largest absolute Gasteiger partial charge is 0.412 e. The van der Waals surface area contributed by atoms with Crippen molar-refractivity contribution in [1.82, 2.24) is 0 Å². The standard InChI is InChI=1S/C8H12Br4.3H2O.Sb/c1-2-7(10)6(9)4-3-5-8(7,11)12;;;;/h6H,2-5H2,1H3;3*1H2;. The molecule has 1 rings (SSSR count). The molecule has 2 atom stereocenters. The molecular weight excluding hydrogens is 585 g/mol. The molecule has 0 aliphatic heterocycles. The summed E-state index contributed by atoms with van der Waals surface area (Å²) in [6, 6.07) is 0. The molecule has 1 aliphatic carbocycles. The van der Waals surface area contributed by atoms with E-state index < -0.39 is 0 Å². The van der Waals surface area contributed by atoms with Crippen molar-refractivity contribution in [3.8, 4) is 0 Å². The van der Waals surface area contributed by atoms with Crippen molar-refractivity contribution in [3.05, 3.63) is 0 Å². The molecule has 0 bridgehead atoms. The van der Waals surface area contributed by atoms with Crippen LogP contribution < -0.4 is 0 Å². The van der Waals surface area contributed by atoms with E-state index in [0.29, 0.717) is 4.83 Å². The molecule has 2 unspecified atom stereocenters. The number of halogens is 4. The van der Waals surface area contributed by atoms with Crippen LogP contribution >= 0.6 is 63.7 Å². The Balaban J connectivity index is -0.000000180. The van der Waals surface area contributed by atoms with Gasteiger partial charge in [0.2, 0.25) is 0 Å². The normalized spacial score (nSPS) is 30.9. The fourth-order valence-corrected chi connectivity index (χ4v) is 5.40. The second kappa shape index (κ2) is 10.4. The molecule has 3 nitrogen and oxygen atoms in total. The van der Waals surface area contributed by atoms with Gasteiger partial charge < -0.3 is 16.4 Å². The van der Waals surface area contributed by atoms with E-state index in [1.807, 2.05) is 0 Å². The summed E-state index contributed by atoms with van der Waals surface area (Å²) in [4.78, 5) is 0.544. The molecule has 3 radical (unpaired) electrons. The number of hydrogen-bond donors (Lipinski definition) is 0. The fraction of sp³-hybridized carbons (Fsp3) is 1.00. The van der Waals surface area contributed by atoms with Gasteiger partial charge in [0, 0.05) is 29.3 Å². The predicted molar refractivity (Wildman–Crippen MR) is 85.7 cm³/mol. The van der Waals surface area contributed by atoms with E-state index in [2.05, 4.69) is 70.6 Å². The molecule has 0 aromatic rings. The van der Waals surface area contributed by atoms with Crippen molar-refractivity contribution in [2.75, 3.05) is 0 Å². The van der Waals surface area contributed by atoms with Crippen LogP contribution in [0.15, 0.2) is 0 Å². The first kappa shape index (κ1) is 27.0. The molecule has 8 heteroatoms. The molecule has 1 saturated carbocycles. The third kappa shape index (κ3) is 5.31. The Morgan fingerprint density at radius 1 is 1.12 bits per heavy atom. The molecule has 101 valence electrons. The van der Waals surface area contributed by atoms with Crippen molar-refractivity contribution in [3.63, 3.8) is 0 Å². The Bertz CT molecular complexity index is 185. The van der Waals surface area contributed by atoms with Crippen LogP contribution in [0, 0.1) is 0 Å². The Morgan fingerprint density at radius 2 is 1.56 bits per heavy atom. The molecule has 0 aromatic carbocycles. The summed E-state index contributed by atoms with van der Waals surface area (Å²) in [5, 5.41) is 0. The minimum absolute atomic E-state index is 0. The Kier molecular flexibility index (Phi) is 17.6. The summed E-state index contributed by atoms with van der Waals surface area (Å²) < 4.78 is 0.187. The van der Waals surface area contributed by atoms with Gasteiger partial charge in [0.05, 0.1) is 7.56 Å². The molecule has 0 saturated heterocycles. The van der Waals surface area contributed by atoms with E-state index in [1.54, 1.807) is 0 Å². The van der Waals surface area contributed by atoms with E-state index in [-0.39, 0.29) is 48.4 Å². The van der Waals surface area contributed by atoms with Gasteiger partial charge in [-0.05, 0) is 25.7 Å². The van der Waals surface area contributed by atoms with Gasteiger partial charge in [-0.15, -0.1) is 0 Å². The molecule has 16 heavy (non-hydrogen) atoms. The van der Waals surface area contributed by atoms with Crippen LogP contribution in [0.25, 0.3) is 0 Å². The molecule has 0 heterocycles. The topological polar surface area (TPSA) is 94.5 Å². The minimum atomic E-state index is 0. The van der Waals surface area contributed by atoms with Gasteiger partial charge in [0.1, 0.15) is 0 Å². The average Bonchev–Trinajstić information content (AvgIpc) is 2.00. The van der Waals surface area contributed by atoms with E-state index >= 15 is 0 Å². The maximum absolute atomic E-state index is 3.84. The van der Waals surface area contributed by atoms with Crippen LogP contribution in [-0.4, -0.2) is 53.2 Å². The van der Waals surface area contributed by atoms with Crippen LogP contribution in [-0.2, 0) is 0 Å². The average molecular weight is 604 g/mol. The first-order valence-electron chi connectivity index (χ1n) is 4.15. The molecule has 0 amide bonds. The first-order valence-corrected chi connectivity index (χ1v) is 7.44. The minimum Gasteiger partial charge on any atom is -0.412 e. The summed E-state index contributed by atoms with van der Waals surface area (Å²) in [6.07, 6.45) is 4.80. The zero-order valence-corrected chi connectivity index (χ0v) is 17.8. The Labute approximate surface area is 148 Å². The van der Waals surface area contributed by atoms with Gasteiger partial charge in [0.25, 0.3) is 0 Å². The summed E-state index contributed by atoms with van der Waals surface area (Å²) in [5.41, 5.74) is 0. The van der Waals surface area contributed by atoms with Crippen molar-refractivity contribution in [2.45, 2.75) is 45.0 Å². The van der Waals surface area contributed by atoms with Gasteiger partial charge in [-0.3, -0.25) is 0 Å². The van der Waals surface area contributed by atoms with E-state index in [0.717, 1.165) is 6.42 Å². The van der Waals surface area contributed by atoms with Crippen LogP contribution in [0.3, 0.4) is 0 Å². The SMILES string of the molecule is CCC1(Br)C(Br)CCCC1(Br)Br.O.O.O.[Sb]. The maximum Gasteiger partial charge on any atom is 0.0968 e. The van der Waals surface area contributed by atoms with Gasteiger partial charge in [-0.1, -0.05) is 70.6 Å². The molecule has 1 aliphatic rings. The van der Waals surface area contributed by atoms with Gasteiger partial charge >= 0.3 is 0 Å². The number of hydrogen-bond acceptors (Lipinski definition) is 0. The molecule has 0 spiro atoms. The van der Waals surface area contributed by atoms with E-state index in [9.17, 15) is 0 Å². The van der Waals surface area contributed by atoms with E-state index in [1.165, 1.54) is 19.3 Å². The van der Waals surface area contributed by atoms with Crippen molar-refractivity contribution in [1.29, 1.82) is 0 Å². The van der Waals surface area contributed by atoms with E-state index in [4.69, 9.17) is 0 Å². The van der Waals surface area contributed by atoms with Crippen LogP contribution in [0.4, 0.5) is 0 Å². The van der Waals surface area contributed by atoms with Gasteiger partial charge in [-0.25, -0.2) is 0 Å². The maximum atomic E-state index is 3.84. The Morgan fingerprint density at radius 3 is 1.81 bits per heavy atom. The molecule has 1 fully saturated rings. The number of rotatable bonds is 1. The summed E-state index contributed by atoms with van der Waals surface area (Å²) >= 11 is 15.1. The third-order valence-corrected chi connectivity index (χ3v) is 9.48. The van der Waals surface area contributed by atoms with Crippen LogP contribution in [0.1, 0.15) is 32.6 Å². The predicted octanol–water partition coefficient (Wildman–Crippen LogP) is 2.11. The van der Waals surface area contributed by atoms with Gasteiger partial charge in [-0.2, -0.15) is 0 Å². The van der Waals surface area contributed by atoms with Crippen molar-refractivity contribution in [2.24, 2.45) is 0 Å². The zero-order chi connectivity index (χ0) is 9.41. The number of alkyl halides is 4. The van der Waals surface area contributed by atoms with Crippen molar-refractivity contribution >= 4 is 88.1 Å². The molecule has 6 N–H and O–H groups in total. The van der Waals surface area contributed by atoms with Crippen LogP contribution in [0.5, 0.6) is 0 Å². The quantitative estimate of drug-likeness (QED) is 0.325. The molecule has 0 aromatic heterocycles. The second-order valence-electron chi connectivity index (χ2n) is 3.28. The monoisotopic (exact) mass is 599 g/mol. The van der Waals surface area contributed by atoms with Crippen LogP contribution in [0.2, 0.25) is 0 Å². The Hall–Kier alpha value is 2.62. The van der Waals surface area contributed by atoms with Crippen molar-refractivity contribution < 1.29 is 16.4 Å². The first-order chi connectivity index (χ1) is 5.44. The zero-order valence-electron chi connectivity index (χ0n) is 8.86. The summed E-state index contributed by atoms with van der Waals surface area (Å²) in [7, 11) is 0. The third-order valence-electron chi connectivity index (χ3n) is 2.57. The second-order valence-corrected chi connectivity index (χ2v) is 9.57. The molecular formula is C8H18Br4O3Sb. The summed E-state index contributed by atoms with van der Waals surface area (Å²) in [5.74, 6) is 0. The smallest absolute Gasteiger partial charge is 0.0968 e. The van der Waals surface area contributed by atoms with Gasteiger partial charge in [0.15, 0.2) is 0 Å². The fourth-order valence-electron chi connectivity index (χ4n) is 1.65. The summed E-state index contributed by atoms with van der Waals surface area (Å²) in [6.45, 7) is 2.21.